The van der Waals surface area contributed by atoms with E-state index in [0.29, 0.717) is 11.3 Å². The van der Waals surface area contributed by atoms with Crippen LogP contribution in [0.2, 0.25) is 0 Å². The molecule has 1 aromatic rings. The smallest absolute Gasteiger partial charge is 0.307 e. The fourth-order valence-electron chi connectivity index (χ4n) is 2.83. The van der Waals surface area contributed by atoms with Crippen LogP contribution in [-0.2, 0) is 16.0 Å². The molecule has 4 N–H and O–H groups in total. The lowest BCUT2D eigenvalue weighted by molar-refractivity contribution is -0.136. The minimum atomic E-state index is -0.885. The zero-order chi connectivity index (χ0) is 15.2. The molecule has 1 saturated carbocycles. The number of aliphatic carboxylic acids is 1. The molecule has 0 spiro atoms. The van der Waals surface area contributed by atoms with Gasteiger partial charge in [-0.15, -0.1) is 0 Å². The number of carboxylic acid groups (broad SMARTS) is 1. The van der Waals surface area contributed by atoms with Crippen LogP contribution in [0.1, 0.15) is 37.7 Å². The minimum Gasteiger partial charge on any atom is -0.481 e. The minimum absolute atomic E-state index is 0.0490. The standard InChI is InChI=1S/C16H22N2O3/c17-14-8-3-1-2-7-13(14)16(21)18-12-6-4-5-11(9-12)10-15(19)20/h4-6,9,13-14H,1-3,7-8,10,17H2,(H,18,21)(H,19,20). The topological polar surface area (TPSA) is 92.4 Å². The lowest BCUT2D eigenvalue weighted by atomic mass is 9.94. The maximum absolute atomic E-state index is 12.4. The van der Waals surface area contributed by atoms with Crippen molar-refractivity contribution < 1.29 is 14.7 Å². The van der Waals surface area contributed by atoms with Gasteiger partial charge in [-0.25, -0.2) is 0 Å². The highest BCUT2D eigenvalue weighted by Crippen LogP contribution is 2.24. The zero-order valence-corrected chi connectivity index (χ0v) is 12.0. The van der Waals surface area contributed by atoms with E-state index in [2.05, 4.69) is 5.32 Å². The first-order valence-corrected chi connectivity index (χ1v) is 7.43. The van der Waals surface area contributed by atoms with Crippen LogP contribution in [0.5, 0.6) is 0 Å². The average molecular weight is 290 g/mol. The summed E-state index contributed by atoms with van der Waals surface area (Å²) >= 11 is 0. The van der Waals surface area contributed by atoms with Gasteiger partial charge in [-0.2, -0.15) is 0 Å². The number of carboxylic acids is 1. The molecule has 0 saturated heterocycles. The number of benzene rings is 1. The first-order chi connectivity index (χ1) is 10.1. The van der Waals surface area contributed by atoms with Gasteiger partial charge in [0, 0.05) is 11.7 Å². The maximum atomic E-state index is 12.4. The summed E-state index contributed by atoms with van der Waals surface area (Å²) in [6, 6.07) is 6.87. The van der Waals surface area contributed by atoms with Gasteiger partial charge in [0.05, 0.1) is 12.3 Å². The van der Waals surface area contributed by atoms with E-state index < -0.39 is 5.97 Å². The molecular weight excluding hydrogens is 268 g/mol. The van der Waals surface area contributed by atoms with E-state index in [-0.39, 0.29) is 24.3 Å². The Balaban J connectivity index is 2.02. The number of amides is 1. The predicted molar refractivity (Wildman–Crippen MR) is 81.0 cm³/mol. The van der Waals surface area contributed by atoms with Crippen molar-refractivity contribution in [3.8, 4) is 0 Å². The van der Waals surface area contributed by atoms with Gasteiger partial charge in [0.15, 0.2) is 0 Å². The number of rotatable bonds is 4. The Morgan fingerprint density at radius 3 is 2.76 bits per heavy atom. The Hall–Kier alpha value is -1.88. The Labute approximate surface area is 124 Å². The highest BCUT2D eigenvalue weighted by atomic mass is 16.4. The molecule has 2 atom stereocenters. The van der Waals surface area contributed by atoms with Crippen molar-refractivity contribution in [1.29, 1.82) is 0 Å². The van der Waals surface area contributed by atoms with E-state index in [1.165, 1.54) is 0 Å². The summed E-state index contributed by atoms with van der Waals surface area (Å²) < 4.78 is 0. The third-order valence-corrected chi connectivity index (χ3v) is 3.96. The van der Waals surface area contributed by atoms with Crippen molar-refractivity contribution in [3.63, 3.8) is 0 Å². The number of hydrogen-bond acceptors (Lipinski definition) is 3. The number of anilines is 1. The summed E-state index contributed by atoms with van der Waals surface area (Å²) in [6.07, 6.45) is 4.90. The summed E-state index contributed by atoms with van der Waals surface area (Å²) in [4.78, 5) is 23.1. The molecule has 1 aliphatic carbocycles. The second-order valence-corrected chi connectivity index (χ2v) is 5.67. The lowest BCUT2D eigenvalue weighted by Gasteiger charge is -2.20. The number of hydrogen-bond donors (Lipinski definition) is 3. The average Bonchev–Trinajstić information content (AvgIpc) is 2.63. The zero-order valence-electron chi connectivity index (χ0n) is 12.0. The van der Waals surface area contributed by atoms with Crippen molar-refractivity contribution in [2.75, 3.05) is 5.32 Å². The Kier molecular flexibility index (Phi) is 5.33. The van der Waals surface area contributed by atoms with Crippen LogP contribution in [-0.4, -0.2) is 23.0 Å². The molecule has 1 fully saturated rings. The van der Waals surface area contributed by atoms with Crippen LogP contribution in [0.3, 0.4) is 0 Å². The maximum Gasteiger partial charge on any atom is 0.307 e. The molecular formula is C16H22N2O3. The van der Waals surface area contributed by atoms with E-state index in [1.54, 1.807) is 24.3 Å². The Morgan fingerprint density at radius 1 is 1.24 bits per heavy atom. The number of carbonyl (C=O) groups excluding carboxylic acids is 1. The SMILES string of the molecule is NC1CCCCCC1C(=O)Nc1cccc(CC(=O)O)c1. The molecule has 1 aliphatic rings. The van der Waals surface area contributed by atoms with E-state index >= 15 is 0 Å². The number of carbonyl (C=O) groups is 2. The van der Waals surface area contributed by atoms with E-state index in [9.17, 15) is 9.59 Å². The molecule has 1 aromatic carbocycles. The van der Waals surface area contributed by atoms with E-state index in [1.807, 2.05) is 0 Å². The Morgan fingerprint density at radius 2 is 2.00 bits per heavy atom. The fraction of sp³-hybridized carbons (Fsp3) is 0.500. The van der Waals surface area contributed by atoms with Crippen molar-refractivity contribution in [3.05, 3.63) is 29.8 Å². The van der Waals surface area contributed by atoms with Gasteiger partial charge < -0.3 is 16.2 Å². The third-order valence-electron chi connectivity index (χ3n) is 3.96. The van der Waals surface area contributed by atoms with Gasteiger partial charge in [-0.3, -0.25) is 9.59 Å². The first kappa shape index (κ1) is 15.5. The van der Waals surface area contributed by atoms with Gasteiger partial charge in [0.2, 0.25) is 5.91 Å². The second kappa shape index (κ2) is 7.22. The molecule has 0 bridgehead atoms. The van der Waals surface area contributed by atoms with E-state index in [0.717, 1.165) is 32.1 Å². The fourth-order valence-corrected chi connectivity index (χ4v) is 2.83. The molecule has 21 heavy (non-hydrogen) atoms. The number of nitrogens with one attached hydrogen (secondary N) is 1. The molecule has 5 nitrogen and oxygen atoms in total. The van der Waals surface area contributed by atoms with Gasteiger partial charge in [0.1, 0.15) is 0 Å². The molecule has 114 valence electrons. The van der Waals surface area contributed by atoms with E-state index in [4.69, 9.17) is 10.8 Å². The van der Waals surface area contributed by atoms with Crippen LogP contribution >= 0.6 is 0 Å². The molecule has 0 aromatic heterocycles. The monoisotopic (exact) mass is 290 g/mol. The summed E-state index contributed by atoms with van der Waals surface area (Å²) in [6.45, 7) is 0. The highest BCUT2D eigenvalue weighted by molar-refractivity contribution is 5.93. The van der Waals surface area contributed by atoms with Gasteiger partial charge >= 0.3 is 5.97 Å². The molecule has 1 amide bonds. The summed E-state index contributed by atoms with van der Waals surface area (Å²) in [7, 11) is 0. The molecule has 2 rings (SSSR count). The third kappa shape index (κ3) is 4.56. The Bertz CT molecular complexity index is 516. The van der Waals surface area contributed by atoms with Gasteiger partial charge in [0.25, 0.3) is 0 Å². The molecule has 0 heterocycles. The van der Waals surface area contributed by atoms with Crippen molar-refractivity contribution in [1.82, 2.24) is 0 Å². The summed E-state index contributed by atoms with van der Waals surface area (Å²) in [5.74, 6) is -1.10. The molecule has 5 heteroatoms. The van der Waals surface area contributed by atoms with Crippen molar-refractivity contribution in [2.45, 2.75) is 44.6 Å². The second-order valence-electron chi connectivity index (χ2n) is 5.67. The molecule has 0 radical (unpaired) electrons. The first-order valence-electron chi connectivity index (χ1n) is 7.43. The van der Waals surface area contributed by atoms with Crippen LogP contribution in [0, 0.1) is 5.92 Å². The van der Waals surface area contributed by atoms with Gasteiger partial charge in [-0.05, 0) is 30.5 Å². The van der Waals surface area contributed by atoms with Crippen LogP contribution in [0.25, 0.3) is 0 Å². The van der Waals surface area contributed by atoms with Crippen LogP contribution in [0.4, 0.5) is 5.69 Å². The summed E-state index contributed by atoms with van der Waals surface area (Å²) in [5.41, 5.74) is 7.40. The predicted octanol–water partition coefficient (Wildman–Crippen LogP) is 2.16. The highest BCUT2D eigenvalue weighted by Gasteiger charge is 2.27. The quantitative estimate of drug-likeness (QED) is 0.741. The normalized spacial score (nSPS) is 22.3. The van der Waals surface area contributed by atoms with Crippen molar-refractivity contribution in [2.24, 2.45) is 11.7 Å². The van der Waals surface area contributed by atoms with Gasteiger partial charge in [-0.1, -0.05) is 31.4 Å². The number of nitrogens with two attached hydrogens (primary N) is 1. The summed E-state index contributed by atoms with van der Waals surface area (Å²) in [5, 5.41) is 11.7. The van der Waals surface area contributed by atoms with Crippen molar-refractivity contribution >= 4 is 17.6 Å². The molecule has 0 aliphatic heterocycles. The molecule has 2 unspecified atom stereocenters. The lowest BCUT2D eigenvalue weighted by Crippen LogP contribution is -2.37. The van der Waals surface area contributed by atoms with Crippen LogP contribution in [0.15, 0.2) is 24.3 Å². The largest absolute Gasteiger partial charge is 0.481 e. The van der Waals surface area contributed by atoms with Crippen LogP contribution < -0.4 is 11.1 Å².